The van der Waals surface area contributed by atoms with Gasteiger partial charge in [-0.2, -0.15) is 0 Å². The van der Waals surface area contributed by atoms with Gasteiger partial charge in [0.1, 0.15) is 19.3 Å². The van der Waals surface area contributed by atoms with Crippen LogP contribution in [0.1, 0.15) is 420 Å². The Hall–Kier alpha value is -1.94. The molecule has 2 unspecified atom stereocenters. The van der Waals surface area contributed by atoms with Gasteiger partial charge in [0.15, 0.2) is 12.2 Å². The van der Waals surface area contributed by atoms with Crippen molar-refractivity contribution in [3.05, 3.63) is 0 Å². The number of aliphatic hydroxyl groups excluding tert-OH is 1. The number of phosphoric acid groups is 2. The number of carbonyl (C=O) groups is 4. The lowest BCUT2D eigenvalue weighted by molar-refractivity contribution is -0.161. The van der Waals surface area contributed by atoms with Crippen molar-refractivity contribution in [2.24, 2.45) is 11.8 Å². The van der Waals surface area contributed by atoms with Crippen molar-refractivity contribution in [2.45, 2.75) is 439 Å². The number of unbranched alkanes of at least 4 members (excludes halogenated alkanes) is 49. The summed E-state index contributed by atoms with van der Waals surface area (Å²) in [5, 5.41) is 10.6. The highest BCUT2D eigenvalue weighted by Crippen LogP contribution is 2.45. The summed E-state index contributed by atoms with van der Waals surface area (Å²) < 4.78 is 68.7. The van der Waals surface area contributed by atoms with Gasteiger partial charge in [0, 0.05) is 25.7 Å². The number of esters is 4. The van der Waals surface area contributed by atoms with Crippen LogP contribution in [0.2, 0.25) is 0 Å². The molecule has 0 bridgehead atoms. The number of phosphoric ester groups is 2. The van der Waals surface area contributed by atoms with E-state index in [1.165, 1.54) is 238 Å². The maximum absolute atomic E-state index is 13.1. The van der Waals surface area contributed by atoms with Gasteiger partial charge in [-0.3, -0.25) is 37.3 Å². The van der Waals surface area contributed by atoms with Crippen LogP contribution in [-0.2, 0) is 65.4 Å². The molecule has 5 atom stereocenters. The molecule has 0 fully saturated rings. The van der Waals surface area contributed by atoms with Crippen LogP contribution in [-0.4, -0.2) is 96.7 Å². The Morgan fingerprint density at radius 2 is 0.465 bits per heavy atom. The van der Waals surface area contributed by atoms with Gasteiger partial charge >= 0.3 is 39.5 Å². The second-order valence-corrected chi connectivity index (χ2v) is 32.7. The van der Waals surface area contributed by atoms with Crippen molar-refractivity contribution in [3.8, 4) is 0 Å². The molecule has 99 heavy (non-hydrogen) atoms. The SMILES string of the molecule is CCCCCCCCCCCCCCCCCCCC(=O)O[C@H](COC(=O)CCCCCCCCCCCCCCCC(C)C)COP(=O)(O)OC[C@@H](O)COP(=O)(O)OC[C@@H](COC(=O)CCCCCCCCCCCCCCC)OC(=O)CCCCCCCCCCCCC(C)C. The highest BCUT2D eigenvalue weighted by atomic mass is 31.2. The minimum absolute atomic E-state index is 0.107. The number of hydrogen-bond donors (Lipinski definition) is 3. The summed E-state index contributed by atoms with van der Waals surface area (Å²) in [6.45, 7) is 9.65. The van der Waals surface area contributed by atoms with Gasteiger partial charge in [-0.1, -0.05) is 369 Å². The van der Waals surface area contributed by atoms with E-state index >= 15 is 0 Å². The Morgan fingerprint density at radius 1 is 0.273 bits per heavy atom. The van der Waals surface area contributed by atoms with Crippen LogP contribution in [0, 0.1) is 11.8 Å². The summed E-state index contributed by atoms with van der Waals surface area (Å²) in [6, 6.07) is 0. The van der Waals surface area contributed by atoms with Crippen molar-refractivity contribution in [3.63, 3.8) is 0 Å². The number of carbonyl (C=O) groups excluding carboxylic acids is 4. The molecule has 0 aromatic heterocycles. The lowest BCUT2D eigenvalue weighted by atomic mass is 10.0. The fourth-order valence-electron chi connectivity index (χ4n) is 12.4. The van der Waals surface area contributed by atoms with E-state index in [0.29, 0.717) is 25.7 Å². The van der Waals surface area contributed by atoms with E-state index in [4.69, 9.17) is 37.0 Å². The molecule has 588 valence electrons. The molecule has 0 aliphatic rings. The molecule has 0 aliphatic heterocycles. The fraction of sp³-hybridized carbons (Fsp3) is 0.950. The zero-order valence-corrected chi connectivity index (χ0v) is 66.6. The van der Waals surface area contributed by atoms with Crippen molar-refractivity contribution in [1.29, 1.82) is 0 Å². The zero-order chi connectivity index (χ0) is 72.8. The second kappa shape index (κ2) is 71.7. The molecule has 19 heteroatoms. The van der Waals surface area contributed by atoms with Gasteiger partial charge in [-0.25, -0.2) is 9.13 Å². The standard InChI is InChI=1S/C80H156O17P2/c1-7-9-11-13-15-17-19-21-22-23-24-28-33-40-46-52-58-64-79(84)96-75(68-91-78(83)63-57-51-45-39-32-29-25-27-30-36-42-48-54-60-72(3)4)70-94-98(86,87)92-66-74(81)67-93-99(88,89)95-71-76(97-80(85)65-59-53-47-41-35-34-37-43-49-55-61-73(5)6)69-90-77(82)62-56-50-44-38-31-26-20-18-16-14-12-10-8-2/h72-76,81H,7-71H2,1-6H3,(H,86,87)(H,88,89)/t74-,75-,76-/m1/s1. The van der Waals surface area contributed by atoms with Crippen LogP contribution in [0.3, 0.4) is 0 Å². The molecule has 17 nitrogen and oxygen atoms in total. The Balaban J connectivity index is 5.26. The van der Waals surface area contributed by atoms with Crippen molar-refractivity contribution >= 4 is 39.5 Å². The van der Waals surface area contributed by atoms with Crippen molar-refractivity contribution in [1.82, 2.24) is 0 Å². The quantitative estimate of drug-likeness (QED) is 0.0222. The number of aliphatic hydroxyl groups is 1. The second-order valence-electron chi connectivity index (χ2n) is 29.8. The Morgan fingerprint density at radius 3 is 0.687 bits per heavy atom. The van der Waals surface area contributed by atoms with E-state index in [2.05, 4.69) is 41.5 Å². The lowest BCUT2D eigenvalue weighted by Crippen LogP contribution is -2.30. The van der Waals surface area contributed by atoms with Crippen LogP contribution in [0.5, 0.6) is 0 Å². The largest absolute Gasteiger partial charge is 0.472 e. The van der Waals surface area contributed by atoms with Gasteiger partial charge in [0.25, 0.3) is 0 Å². The van der Waals surface area contributed by atoms with Crippen LogP contribution in [0.25, 0.3) is 0 Å². The molecule has 0 amide bonds. The van der Waals surface area contributed by atoms with Crippen molar-refractivity contribution < 1.29 is 80.2 Å². The van der Waals surface area contributed by atoms with Crippen molar-refractivity contribution in [2.75, 3.05) is 39.6 Å². The molecule has 0 aromatic carbocycles. The molecule has 0 heterocycles. The molecule has 0 rings (SSSR count). The third kappa shape index (κ3) is 74.1. The highest BCUT2D eigenvalue weighted by molar-refractivity contribution is 7.47. The van der Waals surface area contributed by atoms with Gasteiger partial charge in [-0.05, 0) is 37.5 Å². The summed E-state index contributed by atoms with van der Waals surface area (Å²) in [7, 11) is -9.92. The molecular weight excluding hydrogens is 1290 g/mol. The minimum atomic E-state index is -4.96. The topological polar surface area (TPSA) is 237 Å². The van der Waals surface area contributed by atoms with Crippen LogP contribution in [0.4, 0.5) is 0 Å². The van der Waals surface area contributed by atoms with E-state index in [1.807, 2.05) is 0 Å². The monoisotopic (exact) mass is 1450 g/mol. The smallest absolute Gasteiger partial charge is 0.462 e. The summed E-state index contributed by atoms with van der Waals surface area (Å²) in [5.41, 5.74) is 0. The van der Waals surface area contributed by atoms with E-state index in [9.17, 15) is 43.2 Å². The summed E-state index contributed by atoms with van der Waals surface area (Å²) in [4.78, 5) is 73.0. The van der Waals surface area contributed by atoms with E-state index < -0.39 is 97.5 Å². The molecule has 0 radical (unpaired) electrons. The number of hydrogen-bond acceptors (Lipinski definition) is 15. The van der Waals surface area contributed by atoms with E-state index in [1.54, 1.807) is 0 Å². The summed E-state index contributed by atoms with van der Waals surface area (Å²) in [5.74, 6) is -0.564. The third-order valence-corrected chi connectivity index (χ3v) is 20.6. The summed E-state index contributed by atoms with van der Waals surface area (Å²) in [6.07, 6.45) is 60.9. The lowest BCUT2D eigenvalue weighted by Gasteiger charge is -2.21. The van der Waals surface area contributed by atoms with Crippen LogP contribution in [0.15, 0.2) is 0 Å². The molecule has 0 spiro atoms. The molecule has 0 saturated heterocycles. The highest BCUT2D eigenvalue weighted by Gasteiger charge is 2.30. The fourth-order valence-corrected chi connectivity index (χ4v) is 13.9. The predicted molar refractivity (Wildman–Crippen MR) is 405 cm³/mol. The minimum Gasteiger partial charge on any atom is -0.462 e. The van der Waals surface area contributed by atoms with Gasteiger partial charge in [-0.15, -0.1) is 0 Å². The molecule has 0 saturated carbocycles. The molecular formula is C80H156O17P2. The van der Waals surface area contributed by atoms with Gasteiger partial charge in [0.05, 0.1) is 26.4 Å². The van der Waals surface area contributed by atoms with E-state index in [-0.39, 0.29) is 25.7 Å². The molecule has 0 aliphatic carbocycles. The first-order valence-corrected chi connectivity index (χ1v) is 44.5. The average Bonchev–Trinajstić information content (AvgIpc) is 1.02. The van der Waals surface area contributed by atoms with Crippen LogP contribution < -0.4 is 0 Å². The Labute approximate surface area is 607 Å². The van der Waals surface area contributed by atoms with E-state index in [0.717, 1.165) is 102 Å². The Kier molecular flexibility index (Phi) is 70.3. The first-order valence-electron chi connectivity index (χ1n) is 41.5. The first-order chi connectivity index (χ1) is 47.9. The summed E-state index contributed by atoms with van der Waals surface area (Å²) >= 11 is 0. The average molecular weight is 1450 g/mol. The number of rotatable bonds is 79. The predicted octanol–water partition coefficient (Wildman–Crippen LogP) is 23.9. The molecule has 0 aromatic rings. The molecule has 3 N–H and O–H groups in total. The Bertz CT molecular complexity index is 1910. The zero-order valence-electron chi connectivity index (χ0n) is 64.8. The normalized spacial score (nSPS) is 13.9. The third-order valence-electron chi connectivity index (χ3n) is 18.7. The maximum Gasteiger partial charge on any atom is 0.472 e. The van der Waals surface area contributed by atoms with Crippen LogP contribution >= 0.6 is 15.6 Å². The number of ether oxygens (including phenoxy) is 4. The van der Waals surface area contributed by atoms with Gasteiger partial charge < -0.3 is 33.8 Å². The maximum atomic E-state index is 13.1. The van der Waals surface area contributed by atoms with Gasteiger partial charge in [0.2, 0.25) is 0 Å². The first kappa shape index (κ1) is 97.1.